The molecular weight excluding hydrogens is 446 g/mol. The van der Waals surface area contributed by atoms with Crippen LogP contribution >= 0.6 is 0 Å². The van der Waals surface area contributed by atoms with Gasteiger partial charge in [-0.3, -0.25) is 25.2 Å². The fraction of sp³-hybridized carbons (Fsp3) is 0.0800. The van der Waals surface area contributed by atoms with E-state index in [2.05, 4.69) is 35.6 Å². The first-order valence-electron chi connectivity index (χ1n) is 10.8. The van der Waals surface area contributed by atoms with Crippen molar-refractivity contribution in [2.75, 3.05) is 10.6 Å². The Bertz CT molecular complexity index is 1480. The maximum absolute atomic E-state index is 12.9. The molecule has 0 bridgehead atoms. The van der Waals surface area contributed by atoms with Crippen LogP contribution in [0.5, 0.6) is 5.75 Å². The maximum atomic E-state index is 12.9. The van der Waals surface area contributed by atoms with Gasteiger partial charge in [-0.1, -0.05) is 36.4 Å². The van der Waals surface area contributed by atoms with Gasteiger partial charge in [0.1, 0.15) is 17.4 Å². The van der Waals surface area contributed by atoms with Crippen molar-refractivity contribution in [1.29, 1.82) is 0 Å². The minimum atomic E-state index is -0.420. The molecule has 5 rings (SSSR count). The molecule has 3 aromatic heterocycles. The number of aromatic amines is 2. The van der Waals surface area contributed by atoms with Crippen molar-refractivity contribution in [3.8, 4) is 5.75 Å². The zero-order valence-electron chi connectivity index (χ0n) is 18.6. The summed E-state index contributed by atoms with van der Waals surface area (Å²) in [5.41, 5.74) is 2.66. The van der Waals surface area contributed by atoms with Gasteiger partial charge < -0.3 is 14.7 Å². The topological polar surface area (TPSA) is 138 Å². The highest BCUT2D eigenvalue weighted by Crippen LogP contribution is 2.23. The van der Waals surface area contributed by atoms with Crippen LogP contribution in [0.4, 0.5) is 11.9 Å². The average molecular weight is 467 g/mol. The largest absolute Gasteiger partial charge is 0.484 e. The Morgan fingerprint density at radius 1 is 0.971 bits per heavy atom. The molecule has 2 amide bonds. The number of fused-ring (bicyclic) bond motifs is 1. The lowest BCUT2D eigenvalue weighted by Gasteiger charge is -2.15. The van der Waals surface area contributed by atoms with E-state index >= 15 is 0 Å². The van der Waals surface area contributed by atoms with E-state index in [1.165, 1.54) is 12.4 Å². The van der Waals surface area contributed by atoms with E-state index in [9.17, 15) is 9.59 Å². The van der Waals surface area contributed by atoms with Crippen molar-refractivity contribution >= 4 is 34.7 Å². The molecule has 3 heterocycles. The second-order valence-electron chi connectivity index (χ2n) is 7.71. The molecule has 0 spiro atoms. The molecule has 0 saturated heterocycles. The molecular formula is C25H21N7O3. The summed E-state index contributed by atoms with van der Waals surface area (Å²) in [4.78, 5) is 43.9. The number of aromatic nitrogens is 5. The number of amides is 2. The monoisotopic (exact) mass is 467 g/mol. The number of nitrogens with one attached hydrogen (secondary N) is 4. The Balaban J connectivity index is 1.32. The van der Waals surface area contributed by atoms with Crippen molar-refractivity contribution in [3.05, 3.63) is 96.1 Å². The molecule has 4 N–H and O–H groups in total. The van der Waals surface area contributed by atoms with Gasteiger partial charge >= 0.3 is 0 Å². The molecule has 174 valence electrons. The summed E-state index contributed by atoms with van der Waals surface area (Å²) in [5, 5.41) is 5.39. The van der Waals surface area contributed by atoms with Gasteiger partial charge in [0.05, 0.1) is 22.8 Å². The van der Waals surface area contributed by atoms with E-state index in [-0.39, 0.29) is 18.0 Å². The molecule has 2 aromatic carbocycles. The Morgan fingerprint density at radius 2 is 1.80 bits per heavy atom. The molecule has 35 heavy (non-hydrogen) atoms. The number of ether oxygens (including phenoxy) is 1. The number of anilines is 2. The van der Waals surface area contributed by atoms with Crippen LogP contribution in [-0.4, -0.2) is 36.7 Å². The SMILES string of the molecule is C[C@H](Oc1cncc(C(=O)Nc2nc3c(C(=O)Nc4ncc[nH]4)cccc3[nH]2)c1)c1ccccc1. The highest BCUT2D eigenvalue weighted by molar-refractivity contribution is 6.11. The normalized spacial score (nSPS) is 11.7. The number of nitrogens with zero attached hydrogens (tertiary/aromatic N) is 3. The van der Waals surface area contributed by atoms with Gasteiger partial charge in [-0.15, -0.1) is 0 Å². The van der Waals surface area contributed by atoms with Crippen molar-refractivity contribution < 1.29 is 14.3 Å². The maximum Gasteiger partial charge on any atom is 0.260 e. The molecule has 0 aliphatic carbocycles. The third-order valence-corrected chi connectivity index (χ3v) is 5.28. The van der Waals surface area contributed by atoms with Gasteiger partial charge in [0.15, 0.2) is 0 Å². The number of para-hydroxylation sites is 1. The number of carbonyl (C=O) groups excluding carboxylic acids is 2. The first-order chi connectivity index (χ1) is 17.1. The molecule has 0 aliphatic rings. The molecule has 0 aliphatic heterocycles. The molecule has 0 fully saturated rings. The Kier molecular flexibility index (Phi) is 5.91. The molecule has 1 atom stereocenters. The Hall–Kier alpha value is -4.99. The first-order valence-corrected chi connectivity index (χ1v) is 10.8. The first kappa shape index (κ1) is 21.8. The molecule has 0 saturated carbocycles. The minimum Gasteiger partial charge on any atom is -0.484 e. The number of hydrogen-bond acceptors (Lipinski definition) is 6. The number of H-pyrrole nitrogens is 2. The van der Waals surface area contributed by atoms with E-state index < -0.39 is 5.91 Å². The van der Waals surface area contributed by atoms with Crippen LogP contribution in [0.25, 0.3) is 11.0 Å². The smallest absolute Gasteiger partial charge is 0.260 e. The van der Waals surface area contributed by atoms with Crippen molar-refractivity contribution in [1.82, 2.24) is 24.9 Å². The van der Waals surface area contributed by atoms with Crippen molar-refractivity contribution in [2.24, 2.45) is 0 Å². The molecule has 10 heteroatoms. The van der Waals surface area contributed by atoms with Crippen LogP contribution < -0.4 is 15.4 Å². The van der Waals surface area contributed by atoms with Gasteiger partial charge in [-0.25, -0.2) is 9.97 Å². The van der Waals surface area contributed by atoms with E-state index in [4.69, 9.17) is 4.74 Å². The van der Waals surface area contributed by atoms with Crippen LogP contribution in [0.3, 0.4) is 0 Å². The third kappa shape index (κ3) is 4.86. The number of imidazole rings is 2. The van der Waals surface area contributed by atoms with Gasteiger partial charge in [-0.2, -0.15) is 0 Å². The molecule has 10 nitrogen and oxygen atoms in total. The average Bonchev–Trinajstić information content (AvgIpc) is 3.54. The Morgan fingerprint density at radius 3 is 2.60 bits per heavy atom. The summed E-state index contributed by atoms with van der Waals surface area (Å²) in [5.74, 6) is 0.197. The molecule has 0 radical (unpaired) electrons. The summed E-state index contributed by atoms with van der Waals surface area (Å²) in [6.45, 7) is 1.93. The predicted molar refractivity (Wildman–Crippen MR) is 130 cm³/mol. The van der Waals surface area contributed by atoms with Crippen LogP contribution in [0.1, 0.15) is 39.3 Å². The summed E-state index contributed by atoms with van der Waals surface area (Å²) in [7, 11) is 0. The zero-order chi connectivity index (χ0) is 24.2. The number of hydrogen-bond donors (Lipinski definition) is 4. The highest BCUT2D eigenvalue weighted by Gasteiger charge is 2.17. The number of pyridine rings is 1. The summed E-state index contributed by atoms with van der Waals surface area (Å²) >= 11 is 0. The van der Waals surface area contributed by atoms with E-state index in [1.807, 2.05) is 37.3 Å². The second kappa shape index (κ2) is 9.48. The van der Waals surface area contributed by atoms with Crippen LogP contribution in [0.2, 0.25) is 0 Å². The quantitative estimate of drug-likeness (QED) is 0.281. The van der Waals surface area contributed by atoms with Gasteiger partial charge in [0.2, 0.25) is 11.9 Å². The van der Waals surface area contributed by atoms with E-state index in [1.54, 1.807) is 36.7 Å². The summed E-state index contributed by atoms with van der Waals surface area (Å²) < 4.78 is 5.96. The van der Waals surface area contributed by atoms with E-state index in [0.717, 1.165) is 5.56 Å². The zero-order valence-corrected chi connectivity index (χ0v) is 18.6. The fourth-order valence-corrected chi connectivity index (χ4v) is 3.57. The van der Waals surface area contributed by atoms with Crippen molar-refractivity contribution in [3.63, 3.8) is 0 Å². The van der Waals surface area contributed by atoms with Gasteiger partial charge in [0.25, 0.3) is 11.8 Å². The van der Waals surface area contributed by atoms with Gasteiger partial charge in [0, 0.05) is 18.6 Å². The molecule has 0 unspecified atom stereocenters. The fourth-order valence-electron chi connectivity index (χ4n) is 3.57. The Labute approximate surface area is 199 Å². The second-order valence-corrected chi connectivity index (χ2v) is 7.71. The lowest BCUT2D eigenvalue weighted by atomic mass is 10.1. The van der Waals surface area contributed by atoms with Gasteiger partial charge in [-0.05, 0) is 30.7 Å². The molecule has 5 aromatic rings. The summed E-state index contributed by atoms with van der Waals surface area (Å²) in [6, 6.07) is 16.5. The van der Waals surface area contributed by atoms with Crippen LogP contribution in [0.15, 0.2) is 79.4 Å². The lowest BCUT2D eigenvalue weighted by molar-refractivity contribution is 0.101. The number of rotatable bonds is 7. The minimum absolute atomic E-state index is 0.201. The number of benzene rings is 2. The summed E-state index contributed by atoms with van der Waals surface area (Å²) in [6.07, 6.45) is 5.93. The number of carbonyl (C=O) groups is 2. The van der Waals surface area contributed by atoms with Crippen LogP contribution in [-0.2, 0) is 0 Å². The van der Waals surface area contributed by atoms with E-state index in [0.29, 0.717) is 33.9 Å². The van der Waals surface area contributed by atoms with Crippen LogP contribution in [0, 0.1) is 0 Å². The lowest BCUT2D eigenvalue weighted by Crippen LogP contribution is -2.14. The third-order valence-electron chi connectivity index (χ3n) is 5.28. The predicted octanol–water partition coefficient (Wildman–Crippen LogP) is 4.33. The standard InChI is InChI=1S/C25H21N7O3/c1-15(16-6-3-2-4-7-16)35-18-12-17(13-26-14-18)22(33)31-25-29-20-9-5-8-19(21(20)30-25)23(34)32-24-27-10-11-28-24/h2-15H,1H3,(H2,27,28,32,34)(H2,29,30,31,33)/t15-/m0/s1. The highest BCUT2D eigenvalue weighted by atomic mass is 16.5. The van der Waals surface area contributed by atoms with Crippen molar-refractivity contribution in [2.45, 2.75) is 13.0 Å².